The zero-order valence-corrected chi connectivity index (χ0v) is 8.35. The molecule has 0 unspecified atom stereocenters. The van der Waals surface area contributed by atoms with Gasteiger partial charge in [-0.1, -0.05) is 6.07 Å². The summed E-state index contributed by atoms with van der Waals surface area (Å²) >= 11 is 0. The van der Waals surface area contributed by atoms with Crippen LogP contribution in [0.4, 0.5) is 17.6 Å². The zero-order chi connectivity index (χ0) is 12.4. The van der Waals surface area contributed by atoms with Gasteiger partial charge < -0.3 is 4.18 Å². The van der Waals surface area contributed by atoms with Gasteiger partial charge >= 0.3 is 15.6 Å². The van der Waals surface area contributed by atoms with Crippen molar-refractivity contribution in [2.75, 3.05) is 0 Å². The molecule has 0 N–H and O–H groups in total. The van der Waals surface area contributed by atoms with E-state index in [0.29, 0.717) is 0 Å². The minimum atomic E-state index is -5.76. The molecular formula is C7H5F4NO3S. The summed E-state index contributed by atoms with van der Waals surface area (Å²) in [5.41, 5.74) is -5.77. The quantitative estimate of drug-likeness (QED) is 0.471. The van der Waals surface area contributed by atoms with Crippen molar-refractivity contribution >= 4 is 10.1 Å². The van der Waals surface area contributed by atoms with Crippen LogP contribution in [0.15, 0.2) is 18.2 Å². The Kier molecular flexibility index (Phi) is 3.36. The zero-order valence-electron chi connectivity index (χ0n) is 7.53. The molecule has 90 valence electrons. The van der Waals surface area contributed by atoms with Crippen LogP contribution in [0.2, 0.25) is 0 Å². The molecule has 1 heterocycles. The Morgan fingerprint density at radius 3 is 2.44 bits per heavy atom. The Morgan fingerprint density at radius 1 is 1.31 bits per heavy atom. The highest BCUT2D eigenvalue weighted by atomic mass is 32.2. The van der Waals surface area contributed by atoms with E-state index >= 15 is 0 Å². The first kappa shape index (κ1) is 12.7. The lowest BCUT2D eigenvalue weighted by atomic mass is 10.4. The molecule has 1 rings (SSSR count). The topological polar surface area (TPSA) is 56.3 Å². The lowest BCUT2D eigenvalue weighted by molar-refractivity contribution is -0.0501. The molecule has 0 aliphatic rings. The van der Waals surface area contributed by atoms with Gasteiger partial charge in [-0.05, 0) is 6.07 Å². The molecule has 0 aliphatic carbocycles. The predicted octanol–water partition coefficient (Wildman–Crippen LogP) is 1.78. The van der Waals surface area contributed by atoms with Crippen LogP contribution in [0.25, 0.3) is 0 Å². The highest BCUT2D eigenvalue weighted by Crippen LogP contribution is 2.25. The Labute approximate surface area is 88.0 Å². The maximum atomic E-state index is 12.1. The average Bonchev–Trinajstić information content (AvgIpc) is 2.15. The Balaban J connectivity index is 2.97. The summed E-state index contributed by atoms with van der Waals surface area (Å²) in [7, 11) is -5.76. The molecule has 0 fully saturated rings. The molecule has 0 bridgehead atoms. The first-order valence-electron chi connectivity index (χ1n) is 3.79. The lowest BCUT2D eigenvalue weighted by Gasteiger charge is -2.08. The molecule has 4 nitrogen and oxygen atoms in total. The molecule has 0 spiro atoms. The number of hydrogen-bond donors (Lipinski definition) is 0. The number of rotatable bonds is 3. The van der Waals surface area contributed by atoms with Crippen LogP contribution < -0.4 is 4.18 Å². The maximum absolute atomic E-state index is 12.1. The van der Waals surface area contributed by atoms with E-state index in [9.17, 15) is 26.0 Å². The molecule has 0 saturated carbocycles. The van der Waals surface area contributed by atoms with Gasteiger partial charge in [0.25, 0.3) is 0 Å². The molecule has 0 aromatic carbocycles. The summed E-state index contributed by atoms with van der Waals surface area (Å²) in [6, 6.07) is 3.18. The van der Waals surface area contributed by atoms with E-state index in [1.54, 1.807) is 0 Å². The third-order valence-corrected chi connectivity index (χ3v) is 2.35. The van der Waals surface area contributed by atoms with E-state index < -0.39 is 28.2 Å². The van der Waals surface area contributed by atoms with Crippen molar-refractivity contribution in [3.05, 3.63) is 23.9 Å². The molecule has 0 atom stereocenters. The number of nitrogens with zero attached hydrogens (tertiary/aromatic N) is 1. The molecule has 0 amide bonds. The summed E-state index contributed by atoms with van der Waals surface area (Å²) in [6.45, 7) is -1.04. The first-order chi connectivity index (χ1) is 7.26. The summed E-state index contributed by atoms with van der Waals surface area (Å²) in [5, 5.41) is 0. The van der Waals surface area contributed by atoms with E-state index in [0.717, 1.165) is 12.1 Å². The van der Waals surface area contributed by atoms with Gasteiger partial charge in [0.05, 0.1) is 5.69 Å². The van der Waals surface area contributed by atoms with Gasteiger partial charge in [0.1, 0.15) is 6.67 Å². The van der Waals surface area contributed by atoms with Gasteiger partial charge in [0.15, 0.2) is 0 Å². The maximum Gasteiger partial charge on any atom is 0.534 e. The highest BCUT2D eigenvalue weighted by molar-refractivity contribution is 7.87. The standard InChI is InChI=1S/C7H5F4NO3S/c8-4-5-2-1-3-6(12-5)15-16(13,14)7(9,10)11/h1-3H,4H2. The second-order valence-corrected chi connectivity index (χ2v) is 4.12. The number of alkyl halides is 4. The minimum absolute atomic E-state index is 0.227. The summed E-state index contributed by atoms with van der Waals surface area (Å²) in [5.74, 6) is -0.826. The number of pyridine rings is 1. The van der Waals surface area contributed by atoms with Crippen molar-refractivity contribution < 1.29 is 30.2 Å². The van der Waals surface area contributed by atoms with Crippen LogP contribution in [-0.4, -0.2) is 18.9 Å². The number of aromatic nitrogens is 1. The fourth-order valence-electron chi connectivity index (χ4n) is 0.738. The van der Waals surface area contributed by atoms with Crippen molar-refractivity contribution in [2.45, 2.75) is 12.2 Å². The molecule has 0 radical (unpaired) electrons. The van der Waals surface area contributed by atoms with Gasteiger partial charge in [-0.25, -0.2) is 9.37 Å². The number of hydrogen-bond acceptors (Lipinski definition) is 4. The SMILES string of the molecule is O=S(=O)(Oc1cccc(CF)n1)C(F)(F)F. The van der Waals surface area contributed by atoms with Crippen LogP contribution in [-0.2, 0) is 16.8 Å². The van der Waals surface area contributed by atoms with Gasteiger partial charge in [-0.2, -0.15) is 21.6 Å². The molecule has 9 heteroatoms. The van der Waals surface area contributed by atoms with Gasteiger partial charge in [0.2, 0.25) is 5.88 Å². The highest BCUT2D eigenvalue weighted by Gasteiger charge is 2.48. The van der Waals surface area contributed by atoms with E-state index in [4.69, 9.17) is 0 Å². The van der Waals surface area contributed by atoms with Crippen molar-refractivity contribution in [3.63, 3.8) is 0 Å². The van der Waals surface area contributed by atoms with E-state index in [-0.39, 0.29) is 5.69 Å². The monoisotopic (exact) mass is 259 g/mol. The first-order valence-corrected chi connectivity index (χ1v) is 5.20. The fourth-order valence-corrected chi connectivity index (χ4v) is 1.15. The predicted molar refractivity (Wildman–Crippen MR) is 44.7 cm³/mol. The molecule has 0 aliphatic heterocycles. The van der Waals surface area contributed by atoms with Gasteiger partial charge in [-0.15, -0.1) is 0 Å². The van der Waals surface area contributed by atoms with Crippen LogP contribution in [0, 0.1) is 0 Å². The largest absolute Gasteiger partial charge is 0.534 e. The lowest BCUT2D eigenvalue weighted by Crippen LogP contribution is -2.28. The summed E-state index contributed by atoms with van der Waals surface area (Å²) in [4.78, 5) is 3.21. The molecular weight excluding hydrogens is 254 g/mol. The van der Waals surface area contributed by atoms with Crippen LogP contribution in [0.5, 0.6) is 5.88 Å². The Bertz CT molecular complexity index is 471. The third kappa shape index (κ3) is 2.81. The van der Waals surface area contributed by atoms with Crippen molar-refractivity contribution in [2.24, 2.45) is 0 Å². The van der Waals surface area contributed by atoms with Crippen molar-refractivity contribution in [1.29, 1.82) is 0 Å². The van der Waals surface area contributed by atoms with Crippen LogP contribution in [0.3, 0.4) is 0 Å². The average molecular weight is 259 g/mol. The molecule has 1 aromatic rings. The van der Waals surface area contributed by atoms with Crippen LogP contribution in [0.1, 0.15) is 5.69 Å². The van der Waals surface area contributed by atoms with E-state index in [1.165, 1.54) is 6.07 Å². The van der Waals surface area contributed by atoms with Crippen LogP contribution >= 0.6 is 0 Å². The van der Waals surface area contributed by atoms with E-state index in [2.05, 4.69) is 9.17 Å². The molecule has 0 saturated heterocycles. The molecule has 16 heavy (non-hydrogen) atoms. The van der Waals surface area contributed by atoms with Gasteiger partial charge in [0, 0.05) is 6.07 Å². The number of halogens is 4. The smallest absolute Gasteiger partial charge is 0.355 e. The summed E-state index contributed by atoms with van der Waals surface area (Å²) in [6.07, 6.45) is 0. The second-order valence-electron chi connectivity index (χ2n) is 2.58. The van der Waals surface area contributed by atoms with Crippen molar-refractivity contribution in [3.8, 4) is 5.88 Å². The van der Waals surface area contributed by atoms with E-state index in [1.807, 2.05) is 0 Å². The summed E-state index contributed by atoms with van der Waals surface area (Å²) < 4.78 is 72.5. The van der Waals surface area contributed by atoms with Crippen molar-refractivity contribution in [1.82, 2.24) is 4.98 Å². The Hall–Kier alpha value is -1.38. The molecule has 1 aromatic heterocycles. The second kappa shape index (κ2) is 4.24. The fraction of sp³-hybridized carbons (Fsp3) is 0.286. The Morgan fingerprint density at radius 2 is 1.94 bits per heavy atom. The third-order valence-electron chi connectivity index (χ3n) is 1.40. The normalized spacial score (nSPS) is 12.5. The van der Waals surface area contributed by atoms with Gasteiger partial charge in [-0.3, -0.25) is 0 Å². The minimum Gasteiger partial charge on any atom is -0.355 e.